The summed E-state index contributed by atoms with van der Waals surface area (Å²) in [6, 6.07) is 10.3. The second-order valence-corrected chi connectivity index (χ2v) is 4.63. The maximum absolute atomic E-state index is 8.69. The molecule has 1 fully saturated rings. The van der Waals surface area contributed by atoms with Crippen LogP contribution >= 0.6 is 15.9 Å². The summed E-state index contributed by atoms with van der Waals surface area (Å²) in [7, 11) is 0. The smallest absolute Gasteiger partial charge is 0.0963 e. The molecule has 1 aromatic rings. The van der Waals surface area contributed by atoms with Crippen LogP contribution in [0.1, 0.15) is 11.7 Å². The zero-order valence-corrected chi connectivity index (χ0v) is 10.5. The van der Waals surface area contributed by atoms with Crippen molar-refractivity contribution in [2.24, 2.45) is 0 Å². The highest BCUT2D eigenvalue weighted by atomic mass is 79.9. The standard InChI is InChI=1S/C12H13BrN2O/c13-11-4-2-1-3-10(11)12-9-15(6-5-14)7-8-16-12/h1-4,12H,6-9H2/t12-/m1/s1. The van der Waals surface area contributed by atoms with Crippen molar-refractivity contribution in [1.82, 2.24) is 4.90 Å². The first-order valence-corrected chi connectivity index (χ1v) is 6.06. The molecule has 0 N–H and O–H groups in total. The average molecular weight is 281 g/mol. The summed E-state index contributed by atoms with van der Waals surface area (Å²) in [5.74, 6) is 0. The van der Waals surface area contributed by atoms with Crippen molar-refractivity contribution in [1.29, 1.82) is 5.26 Å². The minimum Gasteiger partial charge on any atom is -0.371 e. The van der Waals surface area contributed by atoms with Gasteiger partial charge in [0.05, 0.1) is 25.3 Å². The molecular formula is C12H13BrN2O. The molecule has 0 bridgehead atoms. The lowest BCUT2D eigenvalue weighted by Crippen LogP contribution is -2.38. The van der Waals surface area contributed by atoms with Gasteiger partial charge in [-0.05, 0) is 11.6 Å². The van der Waals surface area contributed by atoms with E-state index in [1.165, 1.54) is 0 Å². The van der Waals surface area contributed by atoms with Gasteiger partial charge in [-0.25, -0.2) is 0 Å². The van der Waals surface area contributed by atoms with E-state index in [1.54, 1.807) is 0 Å². The molecule has 0 aliphatic carbocycles. The largest absolute Gasteiger partial charge is 0.371 e. The predicted octanol–water partition coefficient (Wildman–Crippen LogP) is 2.35. The lowest BCUT2D eigenvalue weighted by atomic mass is 10.1. The number of ether oxygens (including phenoxy) is 1. The van der Waals surface area contributed by atoms with Crippen molar-refractivity contribution < 1.29 is 4.74 Å². The molecule has 1 aliphatic rings. The van der Waals surface area contributed by atoms with Crippen molar-refractivity contribution >= 4 is 15.9 Å². The lowest BCUT2D eigenvalue weighted by molar-refractivity contribution is -0.0258. The summed E-state index contributed by atoms with van der Waals surface area (Å²) in [4.78, 5) is 2.12. The van der Waals surface area contributed by atoms with E-state index in [0.29, 0.717) is 13.2 Å². The Morgan fingerprint density at radius 3 is 3.06 bits per heavy atom. The third kappa shape index (κ3) is 2.62. The number of benzene rings is 1. The first-order chi connectivity index (χ1) is 7.81. The number of hydrogen-bond donors (Lipinski definition) is 0. The van der Waals surface area contributed by atoms with E-state index in [9.17, 15) is 0 Å². The van der Waals surface area contributed by atoms with Gasteiger partial charge in [0, 0.05) is 17.6 Å². The van der Waals surface area contributed by atoms with Gasteiger partial charge in [0.15, 0.2) is 0 Å². The Balaban J connectivity index is 2.10. The monoisotopic (exact) mass is 280 g/mol. The van der Waals surface area contributed by atoms with E-state index in [1.807, 2.05) is 18.2 Å². The summed E-state index contributed by atoms with van der Waals surface area (Å²) in [5, 5.41) is 8.69. The quantitative estimate of drug-likeness (QED) is 0.781. The predicted molar refractivity (Wildman–Crippen MR) is 64.9 cm³/mol. The number of morpholine rings is 1. The van der Waals surface area contributed by atoms with Crippen molar-refractivity contribution in [2.75, 3.05) is 26.2 Å². The molecule has 16 heavy (non-hydrogen) atoms. The van der Waals surface area contributed by atoms with Crippen LogP contribution in [0.15, 0.2) is 28.7 Å². The molecule has 84 valence electrons. The lowest BCUT2D eigenvalue weighted by Gasteiger charge is -2.31. The molecule has 0 radical (unpaired) electrons. The Bertz CT molecular complexity index is 402. The number of nitriles is 1. The maximum Gasteiger partial charge on any atom is 0.0963 e. The summed E-state index contributed by atoms with van der Waals surface area (Å²) in [6.07, 6.45) is 0.0673. The fourth-order valence-corrected chi connectivity index (χ4v) is 2.41. The molecule has 0 saturated carbocycles. The van der Waals surface area contributed by atoms with Crippen LogP contribution in [0.5, 0.6) is 0 Å². The van der Waals surface area contributed by atoms with E-state index >= 15 is 0 Å². The van der Waals surface area contributed by atoms with Crippen LogP contribution < -0.4 is 0 Å². The number of hydrogen-bond acceptors (Lipinski definition) is 3. The first-order valence-electron chi connectivity index (χ1n) is 5.26. The number of nitrogens with zero attached hydrogens (tertiary/aromatic N) is 2. The van der Waals surface area contributed by atoms with Gasteiger partial charge < -0.3 is 4.74 Å². The fraction of sp³-hybridized carbons (Fsp3) is 0.417. The Kier molecular flexibility index (Phi) is 3.94. The number of rotatable bonds is 2. The zero-order chi connectivity index (χ0) is 11.4. The van der Waals surface area contributed by atoms with Gasteiger partial charge in [0.1, 0.15) is 0 Å². The Hall–Kier alpha value is -0.890. The first kappa shape index (κ1) is 11.6. The van der Waals surface area contributed by atoms with E-state index in [2.05, 4.69) is 33.0 Å². The fourth-order valence-electron chi connectivity index (χ4n) is 1.87. The molecule has 1 atom stereocenters. The third-order valence-electron chi connectivity index (χ3n) is 2.70. The van der Waals surface area contributed by atoms with Gasteiger partial charge in [0.25, 0.3) is 0 Å². The molecule has 1 saturated heterocycles. The summed E-state index contributed by atoms with van der Waals surface area (Å²) < 4.78 is 6.81. The maximum atomic E-state index is 8.69. The third-order valence-corrected chi connectivity index (χ3v) is 3.42. The van der Waals surface area contributed by atoms with Crippen molar-refractivity contribution in [2.45, 2.75) is 6.10 Å². The van der Waals surface area contributed by atoms with Gasteiger partial charge in [-0.1, -0.05) is 34.1 Å². The van der Waals surface area contributed by atoms with Gasteiger partial charge in [-0.15, -0.1) is 0 Å². The Morgan fingerprint density at radius 1 is 1.50 bits per heavy atom. The molecule has 0 spiro atoms. The topological polar surface area (TPSA) is 36.3 Å². The average Bonchev–Trinajstić information content (AvgIpc) is 2.30. The Labute approximate surface area is 104 Å². The van der Waals surface area contributed by atoms with Crippen LogP contribution in [0, 0.1) is 11.3 Å². The summed E-state index contributed by atoms with van der Waals surface area (Å²) in [5.41, 5.74) is 1.16. The van der Waals surface area contributed by atoms with Crippen molar-refractivity contribution in [3.05, 3.63) is 34.3 Å². The van der Waals surface area contributed by atoms with Crippen LogP contribution in [-0.4, -0.2) is 31.1 Å². The highest BCUT2D eigenvalue weighted by Gasteiger charge is 2.22. The van der Waals surface area contributed by atoms with Crippen molar-refractivity contribution in [3.8, 4) is 6.07 Å². The van der Waals surface area contributed by atoms with Gasteiger partial charge in [0.2, 0.25) is 0 Å². The minimum absolute atomic E-state index is 0.0673. The van der Waals surface area contributed by atoms with E-state index < -0.39 is 0 Å². The molecular weight excluding hydrogens is 268 g/mol. The van der Waals surface area contributed by atoms with Crippen LogP contribution in [0.3, 0.4) is 0 Å². The summed E-state index contributed by atoms with van der Waals surface area (Å²) >= 11 is 3.53. The van der Waals surface area contributed by atoms with Crippen LogP contribution in [0.2, 0.25) is 0 Å². The summed E-state index contributed by atoms with van der Waals surface area (Å²) in [6.45, 7) is 2.79. The van der Waals surface area contributed by atoms with Crippen LogP contribution in [0.25, 0.3) is 0 Å². The number of halogens is 1. The van der Waals surface area contributed by atoms with Crippen LogP contribution in [-0.2, 0) is 4.74 Å². The van der Waals surface area contributed by atoms with E-state index in [4.69, 9.17) is 10.00 Å². The molecule has 0 aromatic heterocycles. The highest BCUT2D eigenvalue weighted by Crippen LogP contribution is 2.28. The molecule has 4 heteroatoms. The second kappa shape index (κ2) is 5.44. The molecule has 0 amide bonds. The molecule has 0 unspecified atom stereocenters. The minimum atomic E-state index is 0.0673. The molecule has 1 aliphatic heterocycles. The van der Waals surface area contributed by atoms with E-state index in [-0.39, 0.29) is 6.10 Å². The highest BCUT2D eigenvalue weighted by molar-refractivity contribution is 9.10. The van der Waals surface area contributed by atoms with Gasteiger partial charge in [-0.3, -0.25) is 4.90 Å². The SMILES string of the molecule is N#CCN1CCO[C@@H](c2ccccc2Br)C1. The van der Waals surface area contributed by atoms with Crippen LogP contribution in [0.4, 0.5) is 0 Å². The van der Waals surface area contributed by atoms with Crippen molar-refractivity contribution in [3.63, 3.8) is 0 Å². The zero-order valence-electron chi connectivity index (χ0n) is 8.90. The van der Waals surface area contributed by atoms with Gasteiger partial charge >= 0.3 is 0 Å². The normalized spacial score (nSPS) is 21.6. The van der Waals surface area contributed by atoms with Gasteiger partial charge in [-0.2, -0.15) is 5.26 Å². The molecule has 3 nitrogen and oxygen atoms in total. The molecule has 2 rings (SSSR count). The molecule has 1 heterocycles. The second-order valence-electron chi connectivity index (χ2n) is 3.77. The molecule has 1 aromatic carbocycles. The van der Waals surface area contributed by atoms with E-state index in [0.717, 1.165) is 23.1 Å². The Morgan fingerprint density at radius 2 is 2.31 bits per heavy atom.